The molecule has 0 saturated heterocycles. The molecule has 6 nitrogen and oxygen atoms in total. The Morgan fingerprint density at radius 3 is 2.58 bits per heavy atom. The summed E-state index contributed by atoms with van der Waals surface area (Å²) < 4.78 is 6.86. The standard InChI is InChI=1S/C26H30N2O4S/c1-6-32-26(31)22-18-9-7-8-10-20(18)33-25(22)27-24(30)17(5)28-21(29)13-15(3)19-12-14(2)11-16(4)23(19)28/h11-13,17H,6-10H2,1-5H3,(H,27,30). The fourth-order valence-corrected chi connectivity index (χ4v) is 6.09. The van der Waals surface area contributed by atoms with E-state index in [0.717, 1.165) is 63.7 Å². The van der Waals surface area contributed by atoms with E-state index >= 15 is 0 Å². The van der Waals surface area contributed by atoms with Crippen molar-refractivity contribution in [3.05, 3.63) is 61.2 Å². The second kappa shape index (κ2) is 9.14. The number of nitrogens with one attached hydrogen (secondary N) is 1. The summed E-state index contributed by atoms with van der Waals surface area (Å²) in [5.74, 6) is -0.726. The minimum Gasteiger partial charge on any atom is -0.462 e. The van der Waals surface area contributed by atoms with Crippen LogP contribution in [0.2, 0.25) is 0 Å². The van der Waals surface area contributed by atoms with E-state index in [4.69, 9.17) is 4.74 Å². The van der Waals surface area contributed by atoms with Crippen LogP contribution in [-0.2, 0) is 22.4 Å². The number of carbonyl (C=O) groups is 2. The van der Waals surface area contributed by atoms with Crippen LogP contribution in [0.5, 0.6) is 0 Å². The summed E-state index contributed by atoms with van der Waals surface area (Å²) in [6, 6.07) is 4.90. The highest BCUT2D eigenvalue weighted by molar-refractivity contribution is 7.17. The molecule has 33 heavy (non-hydrogen) atoms. The van der Waals surface area contributed by atoms with Crippen LogP contribution < -0.4 is 10.9 Å². The van der Waals surface area contributed by atoms with E-state index in [1.54, 1.807) is 24.5 Å². The van der Waals surface area contributed by atoms with E-state index in [0.29, 0.717) is 10.6 Å². The van der Waals surface area contributed by atoms with Gasteiger partial charge in [-0.1, -0.05) is 11.6 Å². The van der Waals surface area contributed by atoms with Crippen molar-refractivity contribution < 1.29 is 14.3 Å². The Morgan fingerprint density at radius 1 is 1.12 bits per heavy atom. The molecule has 1 aromatic carbocycles. The van der Waals surface area contributed by atoms with Crippen molar-refractivity contribution in [1.82, 2.24) is 4.57 Å². The quantitative estimate of drug-likeness (QED) is 0.522. The van der Waals surface area contributed by atoms with Crippen LogP contribution >= 0.6 is 11.3 Å². The van der Waals surface area contributed by atoms with Crippen molar-refractivity contribution in [2.45, 2.75) is 66.3 Å². The predicted molar refractivity (Wildman–Crippen MR) is 133 cm³/mol. The molecule has 1 N–H and O–H groups in total. The fraction of sp³-hybridized carbons (Fsp3) is 0.423. The molecule has 174 valence electrons. The SMILES string of the molecule is CCOC(=O)c1c(NC(=O)C(C)n2c(=O)cc(C)c3cc(C)cc(C)c32)sc2c1CCCC2. The molecule has 7 heteroatoms. The third-order valence-electron chi connectivity index (χ3n) is 6.34. The van der Waals surface area contributed by atoms with Gasteiger partial charge in [0.05, 0.1) is 17.7 Å². The molecule has 0 bridgehead atoms. The maximum absolute atomic E-state index is 13.4. The van der Waals surface area contributed by atoms with Crippen molar-refractivity contribution in [3.8, 4) is 0 Å². The van der Waals surface area contributed by atoms with Crippen LogP contribution in [0.3, 0.4) is 0 Å². The van der Waals surface area contributed by atoms with E-state index < -0.39 is 12.0 Å². The van der Waals surface area contributed by atoms with Gasteiger partial charge in [0.25, 0.3) is 5.56 Å². The molecule has 0 aliphatic heterocycles. The van der Waals surface area contributed by atoms with Crippen LogP contribution in [0.15, 0.2) is 23.0 Å². The van der Waals surface area contributed by atoms with Gasteiger partial charge in [-0.15, -0.1) is 11.3 Å². The number of amides is 1. The molecule has 0 spiro atoms. The van der Waals surface area contributed by atoms with Crippen LogP contribution in [0.1, 0.15) is 70.2 Å². The average Bonchev–Trinajstić information content (AvgIpc) is 3.12. The molecular weight excluding hydrogens is 436 g/mol. The number of carbonyl (C=O) groups excluding carboxylic acids is 2. The van der Waals surface area contributed by atoms with Crippen molar-refractivity contribution in [2.75, 3.05) is 11.9 Å². The van der Waals surface area contributed by atoms with Crippen LogP contribution in [0, 0.1) is 20.8 Å². The minimum absolute atomic E-state index is 0.217. The van der Waals surface area contributed by atoms with E-state index in [1.165, 1.54) is 11.3 Å². The topological polar surface area (TPSA) is 77.4 Å². The summed E-state index contributed by atoms with van der Waals surface area (Å²) in [4.78, 5) is 40.3. The molecule has 3 aromatic rings. The number of thiophene rings is 1. The number of hydrogen-bond acceptors (Lipinski definition) is 5. The number of esters is 1. The largest absolute Gasteiger partial charge is 0.462 e. The number of aryl methyl sites for hydroxylation is 4. The smallest absolute Gasteiger partial charge is 0.341 e. The Kier molecular flexibility index (Phi) is 6.43. The van der Waals surface area contributed by atoms with E-state index in [2.05, 4.69) is 5.32 Å². The zero-order chi connectivity index (χ0) is 23.9. The van der Waals surface area contributed by atoms with Crippen molar-refractivity contribution in [1.29, 1.82) is 0 Å². The number of hydrogen-bond donors (Lipinski definition) is 1. The Balaban J connectivity index is 1.76. The Morgan fingerprint density at radius 2 is 1.85 bits per heavy atom. The van der Waals surface area contributed by atoms with Gasteiger partial charge in [0.1, 0.15) is 11.0 Å². The molecule has 2 aromatic heterocycles. The summed E-state index contributed by atoms with van der Waals surface area (Å²) in [6.45, 7) is 9.67. The lowest BCUT2D eigenvalue weighted by Gasteiger charge is -2.20. The van der Waals surface area contributed by atoms with Crippen molar-refractivity contribution in [3.63, 3.8) is 0 Å². The zero-order valence-corrected chi connectivity index (χ0v) is 20.6. The van der Waals surface area contributed by atoms with Gasteiger partial charge in [0.2, 0.25) is 5.91 Å². The number of nitrogens with zero attached hydrogens (tertiary/aromatic N) is 1. The lowest BCUT2D eigenvalue weighted by atomic mass is 9.95. The maximum atomic E-state index is 13.4. The number of anilines is 1. The molecular formula is C26H30N2O4S. The normalized spacial score (nSPS) is 14.1. The molecule has 0 fully saturated rings. The highest BCUT2D eigenvalue weighted by atomic mass is 32.1. The number of aromatic nitrogens is 1. The van der Waals surface area contributed by atoms with Crippen molar-refractivity contribution >= 4 is 39.1 Å². The van der Waals surface area contributed by atoms with E-state index in [-0.39, 0.29) is 18.1 Å². The van der Waals surface area contributed by atoms with Gasteiger partial charge in [-0.25, -0.2) is 4.79 Å². The first-order chi connectivity index (χ1) is 15.7. The zero-order valence-electron chi connectivity index (χ0n) is 19.8. The molecule has 1 atom stereocenters. The van der Waals surface area contributed by atoms with E-state index in [1.807, 2.05) is 32.9 Å². The van der Waals surface area contributed by atoms with Gasteiger partial charge in [-0.2, -0.15) is 0 Å². The van der Waals surface area contributed by atoms with Crippen LogP contribution in [0.4, 0.5) is 5.00 Å². The number of fused-ring (bicyclic) bond motifs is 2. The molecule has 0 saturated carbocycles. The Hall–Kier alpha value is -2.93. The molecule has 0 radical (unpaired) electrons. The first-order valence-electron chi connectivity index (χ1n) is 11.5. The van der Waals surface area contributed by atoms with Gasteiger partial charge in [0, 0.05) is 16.3 Å². The lowest BCUT2D eigenvalue weighted by Crippen LogP contribution is -2.32. The molecule has 1 amide bonds. The molecule has 4 rings (SSSR count). The minimum atomic E-state index is -0.754. The van der Waals surface area contributed by atoms with Gasteiger partial charge in [-0.05, 0) is 83.1 Å². The molecule has 1 aliphatic rings. The molecule has 2 heterocycles. The average molecular weight is 467 g/mol. The van der Waals surface area contributed by atoms with Gasteiger partial charge < -0.3 is 10.1 Å². The highest BCUT2D eigenvalue weighted by Gasteiger charge is 2.29. The fourth-order valence-electron chi connectivity index (χ4n) is 4.81. The van der Waals surface area contributed by atoms with Crippen molar-refractivity contribution in [2.24, 2.45) is 0 Å². The second-order valence-corrected chi connectivity index (χ2v) is 9.92. The summed E-state index contributed by atoms with van der Waals surface area (Å²) in [5, 5.41) is 4.45. The monoisotopic (exact) mass is 466 g/mol. The van der Waals surface area contributed by atoms with Gasteiger partial charge in [0.15, 0.2) is 0 Å². The molecule has 1 unspecified atom stereocenters. The third-order valence-corrected chi connectivity index (χ3v) is 7.55. The number of ether oxygens (including phenoxy) is 1. The number of benzene rings is 1. The Bertz CT molecular complexity index is 1320. The van der Waals surface area contributed by atoms with Crippen LogP contribution in [-0.4, -0.2) is 23.1 Å². The second-order valence-electron chi connectivity index (χ2n) is 8.81. The predicted octanol–water partition coefficient (Wildman–Crippen LogP) is 5.24. The summed E-state index contributed by atoms with van der Waals surface area (Å²) in [6.07, 6.45) is 3.80. The first kappa shape index (κ1) is 23.2. The number of rotatable bonds is 5. The summed E-state index contributed by atoms with van der Waals surface area (Å²) in [5.41, 5.74) is 4.97. The Labute approximate surface area is 197 Å². The summed E-state index contributed by atoms with van der Waals surface area (Å²) in [7, 11) is 0. The first-order valence-corrected chi connectivity index (χ1v) is 12.3. The third kappa shape index (κ3) is 4.22. The van der Waals surface area contributed by atoms with E-state index in [9.17, 15) is 14.4 Å². The van der Waals surface area contributed by atoms with Gasteiger partial charge >= 0.3 is 5.97 Å². The number of pyridine rings is 1. The lowest BCUT2D eigenvalue weighted by molar-refractivity contribution is -0.118. The molecule has 1 aliphatic carbocycles. The van der Waals surface area contributed by atoms with Crippen LogP contribution in [0.25, 0.3) is 10.9 Å². The maximum Gasteiger partial charge on any atom is 0.341 e. The summed E-state index contributed by atoms with van der Waals surface area (Å²) >= 11 is 1.45. The van der Waals surface area contributed by atoms with Gasteiger partial charge in [-0.3, -0.25) is 14.2 Å². The highest BCUT2D eigenvalue weighted by Crippen LogP contribution is 2.39.